The lowest BCUT2D eigenvalue weighted by Crippen LogP contribution is -2.38. The van der Waals surface area contributed by atoms with Crippen molar-refractivity contribution in [3.8, 4) is 17.2 Å². The first kappa shape index (κ1) is 24.6. The predicted molar refractivity (Wildman–Crippen MR) is 123 cm³/mol. The molecule has 1 aromatic rings. The molecular formula is C23H38N4O4. The van der Waals surface area contributed by atoms with Crippen molar-refractivity contribution in [2.45, 2.75) is 45.4 Å². The van der Waals surface area contributed by atoms with E-state index in [1.165, 1.54) is 0 Å². The summed E-state index contributed by atoms with van der Waals surface area (Å²) in [4.78, 5) is 18.8. The van der Waals surface area contributed by atoms with E-state index in [0.717, 1.165) is 63.3 Å². The Labute approximate surface area is 186 Å². The van der Waals surface area contributed by atoms with Crippen molar-refractivity contribution >= 4 is 11.9 Å². The first-order valence-electron chi connectivity index (χ1n) is 11.2. The van der Waals surface area contributed by atoms with Crippen LogP contribution >= 0.6 is 0 Å². The Hall–Kier alpha value is -2.64. The summed E-state index contributed by atoms with van der Waals surface area (Å²) in [7, 11) is 4.85. The summed E-state index contributed by atoms with van der Waals surface area (Å²) in [6, 6.07) is 3.88. The number of hydrogen-bond acceptors (Lipinski definition) is 5. The first-order valence-corrected chi connectivity index (χ1v) is 11.2. The van der Waals surface area contributed by atoms with Gasteiger partial charge in [0.15, 0.2) is 17.5 Å². The lowest BCUT2D eigenvalue weighted by atomic mass is 10.1. The number of amides is 1. The molecule has 8 heteroatoms. The number of likely N-dealkylation sites (tertiary alicyclic amines) is 1. The van der Waals surface area contributed by atoms with Crippen LogP contribution in [0.4, 0.5) is 0 Å². The maximum Gasteiger partial charge on any atom is 0.222 e. The summed E-state index contributed by atoms with van der Waals surface area (Å²) in [5.41, 5.74) is 1.03. The Balaban J connectivity index is 1.87. The molecule has 1 fully saturated rings. The van der Waals surface area contributed by atoms with Gasteiger partial charge in [-0.3, -0.25) is 9.79 Å². The Morgan fingerprint density at radius 1 is 1.06 bits per heavy atom. The quantitative estimate of drug-likeness (QED) is 0.316. The van der Waals surface area contributed by atoms with Gasteiger partial charge >= 0.3 is 0 Å². The third-order valence-corrected chi connectivity index (χ3v) is 5.34. The standard InChI is InChI=1S/C23H38N4O4/c1-5-24-23(25-14-9-17-27-16-8-6-7-10-20(27)28)26-15-13-18-11-12-19(29-2)22(31-4)21(18)30-3/h11-12H,5-10,13-17H2,1-4H3,(H2,24,25,26). The van der Waals surface area contributed by atoms with E-state index in [1.807, 2.05) is 24.0 Å². The molecule has 1 aromatic carbocycles. The molecule has 0 aliphatic carbocycles. The fourth-order valence-electron chi connectivity index (χ4n) is 3.74. The number of nitrogens with one attached hydrogen (secondary N) is 2. The number of nitrogens with zero attached hydrogens (tertiary/aromatic N) is 2. The zero-order valence-corrected chi connectivity index (χ0v) is 19.5. The zero-order chi connectivity index (χ0) is 22.5. The van der Waals surface area contributed by atoms with Gasteiger partial charge in [0.2, 0.25) is 11.7 Å². The molecule has 1 aliphatic rings. The molecule has 0 bridgehead atoms. The Bertz CT molecular complexity index is 724. The van der Waals surface area contributed by atoms with E-state index < -0.39 is 0 Å². The molecule has 31 heavy (non-hydrogen) atoms. The van der Waals surface area contributed by atoms with E-state index in [9.17, 15) is 4.79 Å². The molecule has 0 unspecified atom stereocenters. The second-order valence-electron chi connectivity index (χ2n) is 7.48. The van der Waals surface area contributed by atoms with Crippen LogP contribution in [0.15, 0.2) is 17.1 Å². The second-order valence-corrected chi connectivity index (χ2v) is 7.48. The third kappa shape index (κ3) is 7.52. The van der Waals surface area contributed by atoms with Gasteiger partial charge in [-0.1, -0.05) is 12.5 Å². The van der Waals surface area contributed by atoms with Gasteiger partial charge in [-0.05, 0) is 38.7 Å². The molecule has 1 heterocycles. The number of carbonyl (C=O) groups is 1. The highest BCUT2D eigenvalue weighted by Gasteiger charge is 2.16. The average Bonchev–Trinajstić information content (AvgIpc) is 2.99. The van der Waals surface area contributed by atoms with Crippen LogP contribution in [-0.2, 0) is 11.2 Å². The molecule has 1 aliphatic heterocycles. The van der Waals surface area contributed by atoms with E-state index in [2.05, 4.69) is 15.6 Å². The monoisotopic (exact) mass is 434 g/mol. The molecule has 0 spiro atoms. The molecule has 8 nitrogen and oxygen atoms in total. The number of hydrogen-bond donors (Lipinski definition) is 2. The van der Waals surface area contributed by atoms with E-state index in [0.29, 0.717) is 36.8 Å². The number of guanidine groups is 1. The van der Waals surface area contributed by atoms with Crippen LogP contribution < -0.4 is 24.8 Å². The number of rotatable bonds is 11. The Morgan fingerprint density at radius 2 is 1.87 bits per heavy atom. The summed E-state index contributed by atoms with van der Waals surface area (Å²) in [5, 5.41) is 6.65. The van der Waals surface area contributed by atoms with Gasteiger partial charge in [-0.15, -0.1) is 0 Å². The van der Waals surface area contributed by atoms with Gasteiger partial charge in [0.25, 0.3) is 0 Å². The normalized spacial score (nSPS) is 14.8. The summed E-state index contributed by atoms with van der Waals surface area (Å²) in [6.45, 7) is 5.88. The minimum atomic E-state index is 0.287. The highest BCUT2D eigenvalue weighted by atomic mass is 16.5. The Kier molecular flexibility index (Phi) is 10.8. The molecule has 0 saturated carbocycles. The summed E-state index contributed by atoms with van der Waals surface area (Å²) < 4.78 is 16.4. The van der Waals surface area contributed by atoms with Crippen LogP contribution in [0.5, 0.6) is 17.2 Å². The lowest BCUT2D eigenvalue weighted by molar-refractivity contribution is -0.130. The van der Waals surface area contributed by atoms with Gasteiger partial charge in [-0.25, -0.2) is 0 Å². The largest absolute Gasteiger partial charge is 0.493 e. The van der Waals surface area contributed by atoms with E-state index in [-0.39, 0.29) is 5.91 Å². The van der Waals surface area contributed by atoms with Crippen molar-refractivity contribution < 1.29 is 19.0 Å². The SMILES string of the molecule is CCNC(=NCCCN1CCCCCC1=O)NCCc1ccc(OC)c(OC)c1OC. The number of benzene rings is 1. The summed E-state index contributed by atoms with van der Waals surface area (Å²) >= 11 is 0. The van der Waals surface area contributed by atoms with E-state index >= 15 is 0 Å². The van der Waals surface area contributed by atoms with Crippen molar-refractivity contribution in [1.82, 2.24) is 15.5 Å². The van der Waals surface area contributed by atoms with E-state index in [4.69, 9.17) is 14.2 Å². The van der Waals surface area contributed by atoms with Crippen LogP contribution in [0.3, 0.4) is 0 Å². The third-order valence-electron chi connectivity index (χ3n) is 5.34. The Morgan fingerprint density at radius 3 is 2.58 bits per heavy atom. The smallest absolute Gasteiger partial charge is 0.222 e. The maximum atomic E-state index is 12.1. The van der Waals surface area contributed by atoms with Crippen LogP contribution in [0.1, 0.15) is 44.6 Å². The molecule has 0 atom stereocenters. The van der Waals surface area contributed by atoms with Gasteiger partial charge in [0, 0.05) is 44.7 Å². The topological polar surface area (TPSA) is 84.4 Å². The van der Waals surface area contributed by atoms with Crippen LogP contribution in [-0.4, -0.2) is 70.8 Å². The maximum absolute atomic E-state index is 12.1. The minimum absolute atomic E-state index is 0.287. The van der Waals surface area contributed by atoms with Gasteiger partial charge in [0.05, 0.1) is 21.3 Å². The molecular weight excluding hydrogens is 396 g/mol. The van der Waals surface area contributed by atoms with Gasteiger partial charge in [-0.2, -0.15) is 0 Å². The fraction of sp³-hybridized carbons (Fsp3) is 0.652. The minimum Gasteiger partial charge on any atom is -0.493 e. The van der Waals surface area contributed by atoms with Crippen molar-refractivity contribution in [2.24, 2.45) is 4.99 Å². The molecule has 0 radical (unpaired) electrons. The summed E-state index contributed by atoms with van der Waals surface area (Å²) in [6.07, 6.45) is 5.58. The average molecular weight is 435 g/mol. The predicted octanol–water partition coefficient (Wildman–Crippen LogP) is 2.60. The van der Waals surface area contributed by atoms with Crippen molar-refractivity contribution in [1.29, 1.82) is 0 Å². The van der Waals surface area contributed by atoms with Crippen LogP contribution in [0.25, 0.3) is 0 Å². The molecule has 2 rings (SSSR count). The van der Waals surface area contributed by atoms with Crippen molar-refractivity contribution in [3.63, 3.8) is 0 Å². The number of aliphatic imine (C=N–C) groups is 1. The highest BCUT2D eigenvalue weighted by molar-refractivity contribution is 5.79. The van der Waals surface area contributed by atoms with Gasteiger partial charge < -0.3 is 29.7 Å². The number of carbonyl (C=O) groups excluding carboxylic acids is 1. The van der Waals surface area contributed by atoms with Crippen molar-refractivity contribution in [3.05, 3.63) is 17.7 Å². The molecule has 1 amide bonds. The number of methoxy groups -OCH3 is 3. The molecule has 0 aromatic heterocycles. The molecule has 2 N–H and O–H groups in total. The summed E-state index contributed by atoms with van der Waals surface area (Å²) in [5.74, 6) is 3.01. The second kappa shape index (κ2) is 13.6. The first-order chi connectivity index (χ1) is 15.1. The highest BCUT2D eigenvalue weighted by Crippen LogP contribution is 2.39. The van der Waals surface area contributed by atoms with E-state index in [1.54, 1.807) is 21.3 Å². The van der Waals surface area contributed by atoms with Crippen molar-refractivity contribution in [2.75, 3.05) is 54.1 Å². The molecule has 1 saturated heterocycles. The molecule has 174 valence electrons. The number of ether oxygens (including phenoxy) is 3. The van der Waals surface area contributed by atoms with Gasteiger partial charge in [0.1, 0.15) is 0 Å². The van der Waals surface area contributed by atoms with Crippen LogP contribution in [0.2, 0.25) is 0 Å². The fourth-order valence-corrected chi connectivity index (χ4v) is 3.74. The zero-order valence-electron chi connectivity index (χ0n) is 19.5. The van der Waals surface area contributed by atoms with Crippen LogP contribution in [0, 0.1) is 0 Å². The lowest BCUT2D eigenvalue weighted by Gasteiger charge is -2.20.